The Morgan fingerprint density at radius 3 is 2.63 bits per heavy atom. The molecule has 0 bridgehead atoms. The Morgan fingerprint density at radius 1 is 1.16 bits per heavy atom. The minimum atomic E-state index is -0.0889. The Labute approximate surface area is 119 Å². The van der Waals surface area contributed by atoms with Gasteiger partial charge in [0.25, 0.3) is 5.24 Å². The largest absolute Gasteiger partial charge is 0.465 e. The molecule has 0 saturated carbocycles. The smallest absolute Gasteiger partial charge is 0.296 e. The van der Waals surface area contributed by atoms with Crippen molar-refractivity contribution in [3.8, 4) is 0 Å². The summed E-state index contributed by atoms with van der Waals surface area (Å²) < 4.78 is 5.24. The van der Waals surface area contributed by atoms with Gasteiger partial charge in [0.15, 0.2) is 0 Å². The second-order valence-corrected chi connectivity index (χ2v) is 5.25. The van der Waals surface area contributed by atoms with Crippen LogP contribution >= 0.6 is 24.0 Å². The lowest BCUT2D eigenvalue weighted by atomic mass is 10.3. The van der Waals surface area contributed by atoms with E-state index in [1.807, 2.05) is 36.4 Å². The number of benzene rings is 1. The van der Waals surface area contributed by atoms with Crippen molar-refractivity contribution in [1.82, 2.24) is 0 Å². The van der Waals surface area contributed by atoms with Crippen molar-refractivity contribution in [3.05, 3.63) is 59.4 Å². The molecular weight excluding hydrogens is 278 g/mol. The van der Waals surface area contributed by atoms with Gasteiger partial charge in [-0.25, -0.2) is 0 Å². The van der Waals surface area contributed by atoms with Crippen molar-refractivity contribution in [3.63, 3.8) is 0 Å². The lowest BCUT2D eigenvalue weighted by Crippen LogP contribution is -2.26. The van der Waals surface area contributed by atoms with Crippen molar-refractivity contribution >= 4 is 46.0 Å². The number of thioether (sulfide) groups is 1. The molecule has 2 aromatic rings. The van der Waals surface area contributed by atoms with Crippen molar-refractivity contribution < 1.29 is 9.21 Å². The molecule has 1 fully saturated rings. The molecule has 2 heterocycles. The molecular formula is C14H9NO2S2. The zero-order chi connectivity index (χ0) is 13.2. The number of amides is 1. The van der Waals surface area contributed by atoms with Crippen LogP contribution in [0.5, 0.6) is 0 Å². The maximum atomic E-state index is 12.1. The molecule has 0 unspecified atom stereocenters. The summed E-state index contributed by atoms with van der Waals surface area (Å²) in [4.78, 5) is 14.8. The third-order valence-corrected chi connectivity index (χ3v) is 4.04. The number of carbonyl (C=O) groups excluding carboxylic acids is 1. The first-order valence-electron chi connectivity index (χ1n) is 5.62. The third kappa shape index (κ3) is 2.34. The van der Waals surface area contributed by atoms with Crippen LogP contribution in [-0.2, 0) is 0 Å². The van der Waals surface area contributed by atoms with Crippen LogP contribution < -0.4 is 4.90 Å². The van der Waals surface area contributed by atoms with Crippen LogP contribution in [0.2, 0.25) is 0 Å². The summed E-state index contributed by atoms with van der Waals surface area (Å²) >= 11 is 6.49. The molecule has 0 spiro atoms. The number of hydrogen-bond acceptors (Lipinski definition) is 4. The number of anilines is 1. The van der Waals surface area contributed by atoms with Crippen LogP contribution in [0.3, 0.4) is 0 Å². The standard InChI is InChI=1S/C14H9NO2S2/c16-14-15(10-5-2-1-3-6-10)13(18)12(19-14)9-11-7-4-8-17-11/h1-9H. The van der Waals surface area contributed by atoms with E-state index in [0.717, 1.165) is 22.4 Å². The molecule has 1 aromatic carbocycles. The van der Waals surface area contributed by atoms with Crippen molar-refractivity contribution in [2.24, 2.45) is 0 Å². The molecule has 1 amide bonds. The average molecular weight is 287 g/mol. The summed E-state index contributed by atoms with van der Waals surface area (Å²) in [7, 11) is 0. The summed E-state index contributed by atoms with van der Waals surface area (Å²) in [5.41, 5.74) is 0.785. The lowest BCUT2D eigenvalue weighted by molar-refractivity contribution is 0.268. The van der Waals surface area contributed by atoms with Crippen molar-refractivity contribution in [2.75, 3.05) is 4.90 Å². The van der Waals surface area contributed by atoms with Gasteiger partial charge in [-0.2, -0.15) is 0 Å². The zero-order valence-electron chi connectivity index (χ0n) is 9.78. The maximum Gasteiger partial charge on any atom is 0.296 e. The van der Waals surface area contributed by atoms with Gasteiger partial charge in [-0.05, 0) is 42.1 Å². The Morgan fingerprint density at radius 2 is 1.95 bits per heavy atom. The van der Waals surface area contributed by atoms with Gasteiger partial charge in [0, 0.05) is 0 Å². The fourth-order valence-electron chi connectivity index (χ4n) is 1.77. The average Bonchev–Trinajstić information content (AvgIpc) is 3.01. The normalized spacial score (nSPS) is 17.5. The molecule has 1 aliphatic rings. The Kier molecular flexibility index (Phi) is 3.23. The number of hydrogen-bond donors (Lipinski definition) is 0. The van der Waals surface area contributed by atoms with Gasteiger partial charge in [0.2, 0.25) is 0 Å². The number of rotatable bonds is 2. The van der Waals surface area contributed by atoms with Gasteiger partial charge in [-0.15, -0.1) is 0 Å². The third-order valence-electron chi connectivity index (χ3n) is 2.62. The van der Waals surface area contributed by atoms with E-state index in [0.29, 0.717) is 10.7 Å². The van der Waals surface area contributed by atoms with E-state index in [1.165, 1.54) is 4.90 Å². The molecule has 0 aliphatic carbocycles. The zero-order valence-corrected chi connectivity index (χ0v) is 11.4. The number of furan rings is 1. The van der Waals surface area contributed by atoms with E-state index in [2.05, 4.69) is 0 Å². The molecule has 5 heteroatoms. The van der Waals surface area contributed by atoms with Crippen LogP contribution in [0.4, 0.5) is 10.5 Å². The van der Waals surface area contributed by atoms with Gasteiger partial charge >= 0.3 is 0 Å². The highest BCUT2D eigenvalue weighted by atomic mass is 32.2. The second kappa shape index (κ2) is 5.03. The highest BCUT2D eigenvalue weighted by molar-refractivity contribution is 8.20. The van der Waals surface area contributed by atoms with Crippen molar-refractivity contribution in [1.29, 1.82) is 0 Å². The molecule has 94 valence electrons. The number of nitrogens with zero attached hydrogens (tertiary/aromatic N) is 1. The maximum absolute atomic E-state index is 12.1. The van der Waals surface area contributed by atoms with Crippen LogP contribution in [0.15, 0.2) is 58.1 Å². The molecule has 0 N–H and O–H groups in total. The minimum absolute atomic E-state index is 0.0889. The van der Waals surface area contributed by atoms with E-state index in [1.54, 1.807) is 18.4 Å². The summed E-state index contributed by atoms with van der Waals surface area (Å²) in [6, 6.07) is 13.0. The monoisotopic (exact) mass is 287 g/mol. The first kappa shape index (κ1) is 12.2. The topological polar surface area (TPSA) is 33.5 Å². The van der Waals surface area contributed by atoms with E-state index in [-0.39, 0.29) is 5.24 Å². The van der Waals surface area contributed by atoms with Crippen LogP contribution in [-0.4, -0.2) is 10.2 Å². The van der Waals surface area contributed by atoms with Gasteiger partial charge in [0.05, 0.1) is 16.9 Å². The molecule has 1 aliphatic heterocycles. The predicted molar refractivity (Wildman–Crippen MR) is 81.2 cm³/mol. The molecule has 0 radical (unpaired) electrons. The van der Waals surface area contributed by atoms with E-state index < -0.39 is 0 Å². The molecule has 3 rings (SSSR count). The summed E-state index contributed by atoms with van der Waals surface area (Å²) in [6.45, 7) is 0. The molecule has 1 aromatic heterocycles. The molecule has 3 nitrogen and oxygen atoms in total. The second-order valence-electron chi connectivity index (χ2n) is 3.87. The number of carbonyl (C=O) groups is 1. The number of thiocarbonyl (C=S) groups is 1. The number of para-hydroxylation sites is 1. The quantitative estimate of drug-likeness (QED) is 0.608. The first-order chi connectivity index (χ1) is 9.25. The van der Waals surface area contributed by atoms with Crippen LogP contribution in [0.1, 0.15) is 5.76 Å². The Bertz CT molecular complexity index is 647. The van der Waals surface area contributed by atoms with E-state index in [4.69, 9.17) is 16.6 Å². The lowest BCUT2D eigenvalue weighted by Gasteiger charge is -2.14. The van der Waals surface area contributed by atoms with Gasteiger partial charge in [0.1, 0.15) is 10.7 Å². The molecule has 0 atom stereocenters. The SMILES string of the molecule is O=C1SC(=Cc2ccco2)C(=S)N1c1ccccc1. The molecule has 19 heavy (non-hydrogen) atoms. The predicted octanol–water partition coefficient (Wildman–Crippen LogP) is 4.32. The van der Waals surface area contributed by atoms with Crippen molar-refractivity contribution in [2.45, 2.75) is 0 Å². The van der Waals surface area contributed by atoms with Gasteiger partial charge in [-0.1, -0.05) is 30.4 Å². The fraction of sp³-hybridized carbons (Fsp3) is 0. The highest BCUT2D eigenvalue weighted by Crippen LogP contribution is 2.36. The minimum Gasteiger partial charge on any atom is -0.465 e. The Balaban J connectivity index is 1.94. The fourth-order valence-corrected chi connectivity index (χ4v) is 3.03. The van der Waals surface area contributed by atoms with Crippen LogP contribution in [0.25, 0.3) is 6.08 Å². The highest BCUT2D eigenvalue weighted by Gasteiger charge is 2.32. The van der Waals surface area contributed by atoms with E-state index in [9.17, 15) is 4.79 Å². The summed E-state index contributed by atoms with van der Waals surface area (Å²) in [5.74, 6) is 0.688. The van der Waals surface area contributed by atoms with Gasteiger partial charge < -0.3 is 4.42 Å². The molecule has 1 saturated heterocycles. The summed E-state index contributed by atoms with van der Waals surface area (Å²) in [5, 5.41) is -0.0889. The Hall–Kier alpha value is -1.85. The van der Waals surface area contributed by atoms with Crippen LogP contribution in [0, 0.1) is 0 Å². The first-order valence-corrected chi connectivity index (χ1v) is 6.85. The van der Waals surface area contributed by atoms with Gasteiger partial charge in [-0.3, -0.25) is 9.69 Å². The summed E-state index contributed by atoms with van der Waals surface area (Å²) in [6.07, 6.45) is 3.37. The van der Waals surface area contributed by atoms with E-state index >= 15 is 0 Å².